The lowest BCUT2D eigenvalue weighted by Gasteiger charge is -2.27. The van der Waals surface area contributed by atoms with Gasteiger partial charge in [0.1, 0.15) is 0 Å². The summed E-state index contributed by atoms with van der Waals surface area (Å²) in [7, 11) is 4.06. The molecular formula is C14H27N3O2. The van der Waals surface area contributed by atoms with E-state index >= 15 is 0 Å². The van der Waals surface area contributed by atoms with Crippen molar-refractivity contribution >= 4 is 5.91 Å². The third-order valence-corrected chi connectivity index (χ3v) is 3.97. The van der Waals surface area contributed by atoms with Crippen LogP contribution < -0.4 is 5.32 Å². The van der Waals surface area contributed by atoms with Gasteiger partial charge in [0.2, 0.25) is 5.91 Å². The number of likely N-dealkylation sites (N-methyl/N-ethyl adjacent to an activating group) is 1. The second-order valence-corrected chi connectivity index (χ2v) is 6.33. The average Bonchev–Trinajstić information content (AvgIpc) is 3.05. The molecule has 2 aliphatic rings. The van der Waals surface area contributed by atoms with E-state index in [1.54, 1.807) is 0 Å². The first-order valence-electron chi connectivity index (χ1n) is 7.27. The van der Waals surface area contributed by atoms with Crippen LogP contribution in [0.15, 0.2) is 0 Å². The van der Waals surface area contributed by atoms with Crippen LogP contribution in [0, 0.1) is 5.92 Å². The van der Waals surface area contributed by atoms with Gasteiger partial charge < -0.3 is 14.5 Å². The molecule has 2 fully saturated rings. The van der Waals surface area contributed by atoms with Gasteiger partial charge in [0, 0.05) is 13.1 Å². The first kappa shape index (κ1) is 14.8. The van der Waals surface area contributed by atoms with Gasteiger partial charge in [-0.2, -0.15) is 0 Å². The van der Waals surface area contributed by atoms with E-state index in [4.69, 9.17) is 4.74 Å². The van der Waals surface area contributed by atoms with Crippen LogP contribution in [0.3, 0.4) is 0 Å². The molecule has 1 unspecified atom stereocenters. The van der Waals surface area contributed by atoms with Gasteiger partial charge in [-0.1, -0.05) is 13.8 Å². The number of hydrogen-bond acceptors (Lipinski definition) is 4. The molecule has 0 radical (unpaired) electrons. The Morgan fingerprint density at radius 3 is 2.63 bits per heavy atom. The monoisotopic (exact) mass is 269 g/mol. The third kappa shape index (κ3) is 3.27. The molecule has 1 amide bonds. The van der Waals surface area contributed by atoms with Crippen molar-refractivity contribution in [2.45, 2.75) is 38.4 Å². The van der Waals surface area contributed by atoms with Crippen molar-refractivity contribution in [1.82, 2.24) is 15.1 Å². The summed E-state index contributed by atoms with van der Waals surface area (Å²) in [5.41, 5.74) is -0.210. The van der Waals surface area contributed by atoms with Crippen molar-refractivity contribution in [2.75, 3.05) is 40.4 Å². The molecule has 1 saturated carbocycles. The number of carbonyl (C=O) groups excluding carboxylic acids is 1. The minimum atomic E-state index is -0.210. The molecule has 19 heavy (non-hydrogen) atoms. The molecule has 1 N–H and O–H groups in total. The van der Waals surface area contributed by atoms with Gasteiger partial charge in [0.15, 0.2) is 0 Å². The topological polar surface area (TPSA) is 44.8 Å². The number of nitrogens with zero attached hydrogens (tertiary/aromatic N) is 2. The molecule has 1 atom stereocenters. The van der Waals surface area contributed by atoms with Crippen molar-refractivity contribution < 1.29 is 9.53 Å². The maximum Gasteiger partial charge on any atom is 0.244 e. The van der Waals surface area contributed by atoms with Crippen molar-refractivity contribution in [3.8, 4) is 0 Å². The van der Waals surface area contributed by atoms with Crippen LogP contribution in [0.2, 0.25) is 0 Å². The smallest absolute Gasteiger partial charge is 0.244 e. The zero-order chi connectivity index (χ0) is 14.0. The Labute approximate surface area is 116 Å². The van der Waals surface area contributed by atoms with Gasteiger partial charge >= 0.3 is 0 Å². The fourth-order valence-electron chi connectivity index (χ4n) is 2.59. The summed E-state index contributed by atoms with van der Waals surface area (Å²) in [6.07, 6.45) is 2.16. The number of hydrogen-bond donors (Lipinski definition) is 1. The highest BCUT2D eigenvalue weighted by Gasteiger charge is 2.59. The molecule has 1 heterocycles. The normalized spacial score (nSPS) is 25.1. The highest BCUT2D eigenvalue weighted by Crippen LogP contribution is 2.43. The van der Waals surface area contributed by atoms with Gasteiger partial charge in [-0.3, -0.25) is 10.1 Å². The highest BCUT2D eigenvalue weighted by molar-refractivity contribution is 5.91. The maximum atomic E-state index is 12.4. The Morgan fingerprint density at radius 2 is 2.11 bits per heavy atom. The van der Waals surface area contributed by atoms with Gasteiger partial charge in [-0.05, 0) is 32.9 Å². The van der Waals surface area contributed by atoms with Crippen LogP contribution in [0.5, 0.6) is 0 Å². The lowest BCUT2D eigenvalue weighted by Crippen LogP contribution is -2.43. The molecule has 2 rings (SSSR count). The molecule has 1 aliphatic carbocycles. The molecule has 110 valence electrons. The van der Waals surface area contributed by atoms with Crippen LogP contribution in [0.25, 0.3) is 0 Å². The Balaban J connectivity index is 1.79. The molecule has 5 nitrogen and oxygen atoms in total. The molecule has 0 aromatic rings. The summed E-state index contributed by atoms with van der Waals surface area (Å²) in [5.74, 6) is 0.716. The van der Waals surface area contributed by atoms with Crippen molar-refractivity contribution in [2.24, 2.45) is 5.92 Å². The van der Waals surface area contributed by atoms with Crippen molar-refractivity contribution in [3.63, 3.8) is 0 Å². The first-order valence-corrected chi connectivity index (χ1v) is 7.27. The van der Waals surface area contributed by atoms with Crippen LogP contribution in [-0.2, 0) is 9.53 Å². The predicted molar refractivity (Wildman–Crippen MR) is 74.8 cm³/mol. The van der Waals surface area contributed by atoms with E-state index in [1.165, 1.54) is 0 Å². The molecule has 5 heteroatoms. The molecule has 1 spiro atoms. The van der Waals surface area contributed by atoms with E-state index in [2.05, 4.69) is 24.1 Å². The van der Waals surface area contributed by atoms with E-state index in [9.17, 15) is 4.79 Å². The number of carbonyl (C=O) groups is 1. The first-order chi connectivity index (χ1) is 8.96. The van der Waals surface area contributed by atoms with Crippen LogP contribution >= 0.6 is 0 Å². The predicted octanol–water partition coefficient (Wildman–Crippen LogP) is 0.511. The lowest BCUT2D eigenvalue weighted by atomic mass is 10.1. The summed E-state index contributed by atoms with van der Waals surface area (Å²) in [6.45, 7) is 7.28. The SMILES string of the molecule is CC(C)C1NC2(CC2)C(=O)N1CCOCCN(C)C. The summed E-state index contributed by atoms with van der Waals surface area (Å²) >= 11 is 0. The van der Waals surface area contributed by atoms with E-state index < -0.39 is 0 Å². The minimum Gasteiger partial charge on any atom is -0.378 e. The van der Waals surface area contributed by atoms with E-state index in [1.807, 2.05) is 19.0 Å². The van der Waals surface area contributed by atoms with E-state index in [0.29, 0.717) is 19.1 Å². The molecule has 0 bridgehead atoms. The quantitative estimate of drug-likeness (QED) is 0.684. The van der Waals surface area contributed by atoms with Gasteiger partial charge in [-0.25, -0.2) is 0 Å². The summed E-state index contributed by atoms with van der Waals surface area (Å²) in [6, 6.07) is 0. The van der Waals surface area contributed by atoms with E-state index in [0.717, 1.165) is 26.0 Å². The Morgan fingerprint density at radius 1 is 1.42 bits per heavy atom. The molecule has 1 saturated heterocycles. The number of amides is 1. The summed E-state index contributed by atoms with van der Waals surface area (Å²) < 4.78 is 5.61. The minimum absolute atomic E-state index is 0.174. The third-order valence-electron chi connectivity index (χ3n) is 3.97. The Hall–Kier alpha value is -0.650. The van der Waals surface area contributed by atoms with Crippen LogP contribution in [-0.4, -0.2) is 67.8 Å². The van der Waals surface area contributed by atoms with Gasteiger partial charge in [-0.15, -0.1) is 0 Å². The number of ether oxygens (including phenoxy) is 1. The standard InChI is InChI=1S/C14H27N3O2/c1-11(2)12-15-14(5-6-14)13(18)17(12)8-10-19-9-7-16(3)4/h11-12,15H,5-10H2,1-4H3. The summed E-state index contributed by atoms with van der Waals surface area (Å²) in [4.78, 5) is 16.5. The summed E-state index contributed by atoms with van der Waals surface area (Å²) in [5, 5.41) is 3.51. The number of nitrogens with one attached hydrogen (secondary N) is 1. The largest absolute Gasteiger partial charge is 0.378 e. The fourth-order valence-corrected chi connectivity index (χ4v) is 2.59. The second kappa shape index (κ2) is 5.77. The maximum absolute atomic E-state index is 12.4. The molecule has 0 aromatic heterocycles. The molecule has 1 aliphatic heterocycles. The van der Waals surface area contributed by atoms with E-state index in [-0.39, 0.29) is 17.6 Å². The Kier molecular flexibility index (Phi) is 4.48. The Bertz CT molecular complexity index is 327. The fraction of sp³-hybridized carbons (Fsp3) is 0.929. The highest BCUT2D eigenvalue weighted by atomic mass is 16.5. The second-order valence-electron chi connectivity index (χ2n) is 6.33. The average molecular weight is 269 g/mol. The van der Waals surface area contributed by atoms with Gasteiger partial charge in [0.05, 0.1) is 24.9 Å². The zero-order valence-electron chi connectivity index (χ0n) is 12.6. The molecule has 0 aromatic carbocycles. The zero-order valence-corrected chi connectivity index (χ0v) is 12.6. The van der Waals surface area contributed by atoms with Crippen LogP contribution in [0.4, 0.5) is 0 Å². The molecular weight excluding hydrogens is 242 g/mol. The number of rotatable bonds is 7. The van der Waals surface area contributed by atoms with Crippen LogP contribution in [0.1, 0.15) is 26.7 Å². The van der Waals surface area contributed by atoms with Crippen molar-refractivity contribution in [3.05, 3.63) is 0 Å². The van der Waals surface area contributed by atoms with Gasteiger partial charge in [0.25, 0.3) is 0 Å². The lowest BCUT2D eigenvalue weighted by molar-refractivity contribution is -0.132. The van der Waals surface area contributed by atoms with Crippen molar-refractivity contribution in [1.29, 1.82) is 0 Å².